The number of fused-ring (bicyclic) bond motifs is 2. The van der Waals surface area contributed by atoms with Gasteiger partial charge in [-0.2, -0.15) is 0 Å². The van der Waals surface area contributed by atoms with Gasteiger partial charge >= 0.3 is 0 Å². The Morgan fingerprint density at radius 2 is 2.00 bits per heavy atom. The first-order valence-corrected chi connectivity index (χ1v) is 8.42. The zero-order valence-corrected chi connectivity index (χ0v) is 14.5. The molecule has 8 nitrogen and oxygen atoms in total. The minimum Gasteiger partial charge on any atom is -0.464 e. The summed E-state index contributed by atoms with van der Waals surface area (Å²) in [5.41, 5.74) is 2.37. The number of amides is 1. The van der Waals surface area contributed by atoms with Gasteiger partial charge in [-0.05, 0) is 24.1 Å². The van der Waals surface area contributed by atoms with Gasteiger partial charge in [0.2, 0.25) is 12.7 Å². The highest BCUT2D eigenvalue weighted by atomic mass is 16.7. The van der Waals surface area contributed by atoms with E-state index >= 15 is 0 Å². The molecule has 0 bridgehead atoms. The molecule has 27 heavy (non-hydrogen) atoms. The minimum absolute atomic E-state index is 0.00927. The lowest BCUT2D eigenvalue weighted by Gasteiger charge is -2.07. The molecule has 1 amide bonds. The largest absolute Gasteiger partial charge is 0.464 e. The Balaban J connectivity index is 1.59. The molecule has 0 radical (unpaired) electrons. The first-order valence-electron chi connectivity index (χ1n) is 8.42. The lowest BCUT2D eigenvalue weighted by molar-refractivity contribution is -0.384. The van der Waals surface area contributed by atoms with Crippen molar-refractivity contribution in [1.82, 2.24) is 0 Å². The fourth-order valence-corrected chi connectivity index (χ4v) is 3.04. The van der Waals surface area contributed by atoms with Gasteiger partial charge in [0.1, 0.15) is 11.3 Å². The minimum atomic E-state index is -0.571. The standard InChI is InChI=1S/C19H16N2O6/c1-2-11-3-4-16-13(5-11)12(9-25-16)6-19(22)20-14-7-17-18(27-10-26-17)8-15(14)21(23)24/h3-5,7-9H,2,6,10H2,1H3,(H,20,22). The van der Waals surface area contributed by atoms with Crippen molar-refractivity contribution in [3.05, 3.63) is 57.8 Å². The normalized spacial score (nSPS) is 12.3. The highest BCUT2D eigenvalue weighted by Crippen LogP contribution is 2.40. The van der Waals surface area contributed by atoms with Crippen LogP contribution in [0.5, 0.6) is 11.5 Å². The van der Waals surface area contributed by atoms with Crippen LogP contribution in [-0.2, 0) is 17.6 Å². The predicted molar refractivity (Wildman–Crippen MR) is 97.1 cm³/mol. The van der Waals surface area contributed by atoms with Crippen LogP contribution in [0.25, 0.3) is 11.0 Å². The lowest BCUT2D eigenvalue weighted by Crippen LogP contribution is -2.15. The molecular weight excluding hydrogens is 352 g/mol. The highest BCUT2D eigenvalue weighted by molar-refractivity contribution is 5.97. The number of nitrogens with zero attached hydrogens (tertiary/aromatic N) is 1. The number of aryl methyl sites for hydroxylation is 1. The molecule has 0 saturated carbocycles. The SMILES string of the molecule is CCc1ccc2occ(CC(=O)Nc3cc4c(cc3[N+](=O)[O-])OCO4)c2c1. The maximum Gasteiger partial charge on any atom is 0.296 e. The van der Waals surface area contributed by atoms with Crippen LogP contribution in [0.2, 0.25) is 0 Å². The third-order valence-electron chi connectivity index (χ3n) is 4.44. The summed E-state index contributed by atoms with van der Waals surface area (Å²) in [5.74, 6) is 0.256. The summed E-state index contributed by atoms with van der Waals surface area (Å²) in [6, 6.07) is 8.49. The lowest BCUT2D eigenvalue weighted by atomic mass is 10.1. The summed E-state index contributed by atoms with van der Waals surface area (Å²) in [4.78, 5) is 23.2. The zero-order chi connectivity index (χ0) is 19.0. The average Bonchev–Trinajstić information content (AvgIpc) is 3.27. The first kappa shape index (κ1) is 16.9. The second-order valence-electron chi connectivity index (χ2n) is 6.15. The number of rotatable bonds is 5. The average molecular weight is 368 g/mol. The van der Waals surface area contributed by atoms with E-state index in [-0.39, 0.29) is 36.2 Å². The van der Waals surface area contributed by atoms with E-state index in [0.29, 0.717) is 11.3 Å². The summed E-state index contributed by atoms with van der Waals surface area (Å²) in [6.07, 6.45) is 2.44. The van der Waals surface area contributed by atoms with Gasteiger partial charge < -0.3 is 19.2 Å². The molecular formula is C19H16N2O6. The molecule has 8 heteroatoms. The van der Waals surface area contributed by atoms with Crippen LogP contribution in [0.4, 0.5) is 11.4 Å². The van der Waals surface area contributed by atoms with Crippen molar-refractivity contribution in [2.24, 2.45) is 0 Å². The Bertz CT molecular complexity index is 1060. The molecule has 4 rings (SSSR count). The predicted octanol–water partition coefficient (Wildman–Crippen LogP) is 3.81. The zero-order valence-electron chi connectivity index (χ0n) is 14.5. The molecule has 138 valence electrons. The first-order chi connectivity index (χ1) is 13.0. The Hall–Kier alpha value is -3.55. The Morgan fingerprint density at radius 3 is 2.74 bits per heavy atom. The number of hydrogen-bond donors (Lipinski definition) is 1. The number of hydrogen-bond acceptors (Lipinski definition) is 6. The second-order valence-corrected chi connectivity index (χ2v) is 6.15. The number of nitrogens with one attached hydrogen (secondary N) is 1. The third-order valence-corrected chi connectivity index (χ3v) is 4.44. The van der Waals surface area contributed by atoms with Crippen LogP contribution in [-0.4, -0.2) is 17.6 Å². The van der Waals surface area contributed by atoms with Gasteiger partial charge in [-0.3, -0.25) is 14.9 Å². The quantitative estimate of drug-likeness (QED) is 0.542. The maximum absolute atomic E-state index is 12.5. The van der Waals surface area contributed by atoms with Gasteiger partial charge in [-0.1, -0.05) is 13.0 Å². The highest BCUT2D eigenvalue weighted by Gasteiger charge is 2.24. The molecule has 1 aliphatic rings. The number of carbonyl (C=O) groups excluding carboxylic acids is 1. The summed E-state index contributed by atoms with van der Waals surface area (Å²) in [7, 11) is 0. The van der Waals surface area contributed by atoms with Gasteiger partial charge in [0.15, 0.2) is 11.5 Å². The molecule has 0 saturated heterocycles. The van der Waals surface area contributed by atoms with Crippen molar-refractivity contribution in [1.29, 1.82) is 0 Å². The molecule has 0 atom stereocenters. The summed E-state index contributed by atoms with van der Waals surface area (Å²) in [6.45, 7) is 2.04. The summed E-state index contributed by atoms with van der Waals surface area (Å²) < 4.78 is 15.9. The topological polar surface area (TPSA) is 104 Å². The van der Waals surface area contributed by atoms with E-state index in [1.807, 2.05) is 25.1 Å². The van der Waals surface area contributed by atoms with E-state index in [2.05, 4.69) is 5.32 Å². The van der Waals surface area contributed by atoms with Gasteiger partial charge in [0.05, 0.1) is 23.7 Å². The smallest absolute Gasteiger partial charge is 0.296 e. The van der Waals surface area contributed by atoms with E-state index in [1.54, 1.807) is 0 Å². The van der Waals surface area contributed by atoms with Gasteiger partial charge in [0, 0.05) is 17.0 Å². The van der Waals surface area contributed by atoms with Crippen molar-refractivity contribution in [2.45, 2.75) is 19.8 Å². The molecule has 1 aromatic heterocycles. The maximum atomic E-state index is 12.5. The molecule has 0 aliphatic carbocycles. The Labute approximate surface area is 153 Å². The number of anilines is 1. The summed E-state index contributed by atoms with van der Waals surface area (Å²) in [5, 5.41) is 14.8. The van der Waals surface area contributed by atoms with E-state index in [0.717, 1.165) is 22.9 Å². The second kappa shape index (κ2) is 6.64. The molecule has 2 heterocycles. The number of ether oxygens (including phenoxy) is 2. The van der Waals surface area contributed by atoms with Crippen molar-refractivity contribution in [3.8, 4) is 11.5 Å². The van der Waals surface area contributed by atoms with Crippen molar-refractivity contribution >= 4 is 28.3 Å². The Morgan fingerprint density at radius 1 is 1.22 bits per heavy atom. The molecule has 1 aliphatic heterocycles. The number of benzene rings is 2. The van der Waals surface area contributed by atoms with E-state index in [1.165, 1.54) is 18.4 Å². The Kier molecular flexibility index (Phi) is 4.15. The summed E-state index contributed by atoms with van der Waals surface area (Å²) >= 11 is 0. The number of furan rings is 1. The molecule has 0 spiro atoms. The molecule has 3 aromatic rings. The number of carbonyl (C=O) groups is 1. The van der Waals surface area contributed by atoms with Crippen LogP contribution in [0, 0.1) is 10.1 Å². The van der Waals surface area contributed by atoms with Crippen LogP contribution < -0.4 is 14.8 Å². The molecule has 1 N–H and O–H groups in total. The fourth-order valence-electron chi connectivity index (χ4n) is 3.04. The van der Waals surface area contributed by atoms with Crippen LogP contribution >= 0.6 is 0 Å². The van der Waals surface area contributed by atoms with Crippen molar-refractivity contribution in [3.63, 3.8) is 0 Å². The molecule has 0 fully saturated rings. The van der Waals surface area contributed by atoms with E-state index in [9.17, 15) is 14.9 Å². The van der Waals surface area contributed by atoms with E-state index in [4.69, 9.17) is 13.9 Å². The van der Waals surface area contributed by atoms with Crippen molar-refractivity contribution in [2.75, 3.05) is 12.1 Å². The molecule has 0 unspecified atom stereocenters. The monoisotopic (exact) mass is 368 g/mol. The van der Waals surface area contributed by atoms with Crippen LogP contribution in [0.15, 0.2) is 41.0 Å². The van der Waals surface area contributed by atoms with Gasteiger partial charge in [-0.15, -0.1) is 0 Å². The molecule has 2 aromatic carbocycles. The number of nitro benzene ring substituents is 1. The fraction of sp³-hybridized carbons (Fsp3) is 0.211. The number of nitro groups is 1. The van der Waals surface area contributed by atoms with E-state index < -0.39 is 4.92 Å². The van der Waals surface area contributed by atoms with Crippen LogP contribution in [0.3, 0.4) is 0 Å². The third kappa shape index (κ3) is 3.17. The van der Waals surface area contributed by atoms with Gasteiger partial charge in [0.25, 0.3) is 5.69 Å². The van der Waals surface area contributed by atoms with Crippen molar-refractivity contribution < 1.29 is 23.6 Å². The van der Waals surface area contributed by atoms with Crippen LogP contribution in [0.1, 0.15) is 18.1 Å². The van der Waals surface area contributed by atoms with Gasteiger partial charge in [-0.25, -0.2) is 0 Å².